The molecule has 1 N–H and O–H groups in total. The second kappa shape index (κ2) is 7.23. The summed E-state index contributed by atoms with van der Waals surface area (Å²) in [5.74, 6) is 0.411. The first-order chi connectivity index (χ1) is 12.7. The van der Waals surface area contributed by atoms with Gasteiger partial charge in [-0.1, -0.05) is 17.3 Å². The van der Waals surface area contributed by atoms with Crippen molar-refractivity contribution < 1.29 is 18.8 Å². The molecule has 8 nitrogen and oxygen atoms in total. The van der Waals surface area contributed by atoms with E-state index in [9.17, 15) is 9.59 Å². The van der Waals surface area contributed by atoms with E-state index in [-0.39, 0.29) is 18.2 Å². The molecule has 26 heavy (non-hydrogen) atoms. The van der Waals surface area contributed by atoms with Crippen LogP contribution in [0.25, 0.3) is 11.0 Å². The summed E-state index contributed by atoms with van der Waals surface area (Å²) >= 11 is 0. The Labute approximate surface area is 151 Å². The second-order valence-corrected chi connectivity index (χ2v) is 6.72. The molecule has 1 aromatic heterocycles. The maximum atomic E-state index is 12.5. The van der Waals surface area contributed by atoms with E-state index < -0.39 is 0 Å². The van der Waals surface area contributed by atoms with Gasteiger partial charge in [0.2, 0.25) is 0 Å². The summed E-state index contributed by atoms with van der Waals surface area (Å²) in [6, 6.07) is 7.12. The van der Waals surface area contributed by atoms with Gasteiger partial charge in [0.05, 0.1) is 5.39 Å². The molecule has 1 aromatic carbocycles. The lowest BCUT2D eigenvalue weighted by Crippen LogP contribution is -2.52. The molecule has 3 amide bonds. The van der Waals surface area contributed by atoms with E-state index in [1.165, 1.54) is 0 Å². The van der Waals surface area contributed by atoms with Gasteiger partial charge in [-0.2, -0.15) is 0 Å². The monoisotopic (exact) mass is 358 g/mol. The van der Waals surface area contributed by atoms with Gasteiger partial charge in [0.25, 0.3) is 0 Å². The van der Waals surface area contributed by atoms with Crippen molar-refractivity contribution in [3.63, 3.8) is 0 Å². The largest absolute Gasteiger partial charge is 0.446 e. The van der Waals surface area contributed by atoms with E-state index in [0.717, 1.165) is 31.1 Å². The highest BCUT2D eigenvalue weighted by Crippen LogP contribution is 2.23. The molecule has 0 unspecified atom stereocenters. The van der Waals surface area contributed by atoms with Crippen LogP contribution in [0, 0.1) is 0 Å². The summed E-state index contributed by atoms with van der Waals surface area (Å²) in [6.07, 6.45) is 3.97. The first kappa shape index (κ1) is 16.7. The van der Waals surface area contributed by atoms with Crippen LogP contribution in [0.15, 0.2) is 28.8 Å². The van der Waals surface area contributed by atoms with Crippen LogP contribution in [0.2, 0.25) is 0 Å². The minimum absolute atomic E-state index is 0.0595. The molecular formula is C18H22N4O4. The van der Waals surface area contributed by atoms with Crippen LogP contribution in [-0.4, -0.2) is 59.4 Å². The number of hydrogen-bond acceptors (Lipinski definition) is 5. The fourth-order valence-corrected chi connectivity index (χ4v) is 3.47. The number of piperazine rings is 1. The number of hydrogen-bond donors (Lipinski definition) is 1. The van der Waals surface area contributed by atoms with Gasteiger partial charge in [0.1, 0.15) is 6.10 Å². The predicted molar refractivity (Wildman–Crippen MR) is 94.9 cm³/mol. The number of amides is 3. The van der Waals surface area contributed by atoms with Crippen molar-refractivity contribution in [3.05, 3.63) is 24.3 Å². The summed E-state index contributed by atoms with van der Waals surface area (Å²) in [7, 11) is 0. The van der Waals surface area contributed by atoms with E-state index in [1.807, 2.05) is 18.2 Å². The average molecular weight is 358 g/mol. The molecule has 8 heteroatoms. The predicted octanol–water partition coefficient (Wildman–Crippen LogP) is 3.06. The number of anilines is 1. The minimum Gasteiger partial charge on any atom is -0.446 e. The van der Waals surface area contributed by atoms with Crippen molar-refractivity contribution in [1.29, 1.82) is 0 Å². The standard InChI is InChI=1S/C18H22N4O4/c23-17(19-16-14-7-3-4-8-15(14)26-20-16)21-9-11-22(12-10-21)18(24)25-13-5-1-2-6-13/h3-4,7-8,13H,1-2,5-6,9-12H2,(H,19,20,23). The van der Waals surface area contributed by atoms with Gasteiger partial charge < -0.3 is 19.1 Å². The number of urea groups is 1. The van der Waals surface area contributed by atoms with Crippen LogP contribution in [0.3, 0.4) is 0 Å². The number of carbonyl (C=O) groups excluding carboxylic acids is 2. The minimum atomic E-state index is -0.264. The number of rotatable bonds is 2. The zero-order valence-electron chi connectivity index (χ0n) is 14.5. The van der Waals surface area contributed by atoms with Crippen molar-refractivity contribution in [3.8, 4) is 0 Å². The van der Waals surface area contributed by atoms with E-state index in [1.54, 1.807) is 15.9 Å². The number of nitrogens with zero attached hydrogens (tertiary/aromatic N) is 3. The lowest BCUT2D eigenvalue weighted by Gasteiger charge is -2.34. The zero-order chi connectivity index (χ0) is 17.9. The van der Waals surface area contributed by atoms with Crippen molar-refractivity contribution in [2.75, 3.05) is 31.5 Å². The summed E-state index contributed by atoms with van der Waals surface area (Å²) < 4.78 is 10.7. The normalized spacial score (nSPS) is 18.3. The summed E-state index contributed by atoms with van der Waals surface area (Å²) in [4.78, 5) is 28.0. The fraction of sp³-hybridized carbons (Fsp3) is 0.500. The Kier molecular flexibility index (Phi) is 4.64. The number of fused-ring (bicyclic) bond motifs is 1. The molecule has 1 saturated heterocycles. The molecule has 1 saturated carbocycles. The van der Waals surface area contributed by atoms with Gasteiger partial charge in [-0.05, 0) is 37.8 Å². The molecule has 0 bridgehead atoms. The van der Waals surface area contributed by atoms with Gasteiger partial charge in [-0.15, -0.1) is 0 Å². The Morgan fingerprint density at radius 1 is 1.08 bits per heavy atom. The van der Waals surface area contributed by atoms with Crippen LogP contribution in [0.5, 0.6) is 0 Å². The van der Waals surface area contributed by atoms with Gasteiger partial charge in [0, 0.05) is 26.2 Å². The van der Waals surface area contributed by atoms with Crippen molar-refractivity contribution in [2.24, 2.45) is 0 Å². The molecule has 2 aromatic rings. The molecule has 0 spiro atoms. The Hall–Kier alpha value is -2.77. The highest BCUT2D eigenvalue weighted by molar-refractivity contribution is 5.98. The molecular weight excluding hydrogens is 336 g/mol. The Morgan fingerprint density at radius 3 is 2.54 bits per heavy atom. The van der Waals surface area contributed by atoms with Crippen LogP contribution < -0.4 is 5.32 Å². The Bertz CT molecular complexity index is 791. The van der Waals surface area contributed by atoms with Crippen LogP contribution in [0.1, 0.15) is 25.7 Å². The molecule has 2 aliphatic rings. The third-order valence-corrected chi connectivity index (χ3v) is 5.00. The van der Waals surface area contributed by atoms with Gasteiger partial charge in [0.15, 0.2) is 11.4 Å². The first-order valence-corrected chi connectivity index (χ1v) is 9.06. The van der Waals surface area contributed by atoms with Crippen molar-refractivity contribution in [1.82, 2.24) is 15.0 Å². The number of benzene rings is 1. The maximum Gasteiger partial charge on any atom is 0.410 e. The lowest BCUT2D eigenvalue weighted by atomic mass is 10.2. The molecule has 2 fully saturated rings. The van der Waals surface area contributed by atoms with E-state index in [2.05, 4.69) is 10.5 Å². The Balaban J connectivity index is 1.30. The first-order valence-electron chi connectivity index (χ1n) is 9.06. The molecule has 2 heterocycles. The number of carbonyl (C=O) groups is 2. The number of aromatic nitrogens is 1. The van der Waals surface area contributed by atoms with Crippen LogP contribution in [-0.2, 0) is 4.74 Å². The highest BCUT2D eigenvalue weighted by atomic mass is 16.6. The topological polar surface area (TPSA) is 87.9 Å². The van der Waals surface area contributed by atoms with E-state index in [4.69, 9.17) is 9.26 Å². The van der Waals surface area contributed by atoms with E-state index >= 15 is 0 Å². The lowest BCUT2D eigenvalue weighted by molar-refractivity contribution is 0.0530. The maximum absolute atomic E-state index is 12.5. The van der Waals surface area contributed by atoms with Crippen LogP contribution >= 0.6 is 0 Å². The molecule has 4 rings (SSSR count). The van der Waals surface area contributed by atoms with Crippen molar-refractivity contribution in [2.45, 2.75) is 31.8 Å². The second-order valence-electron chi connectivity index (χ2n) is 6.72. The quantitative estimate of drug-likeness (QED) is 0.891. The number of para-hydroxylation sites is 1. The molecule has 1 aliphatic carbocycles. The summed E-state index contributed by atoms with van der Waals surface area (Å²) in [5.41, 5.74) is 0.627. The van der Waals surface area contributed by atoms with Gasteiger partial charge in [-0.3, -0.25) is 5.32 Å². The fourth-order valence-electron chi connectivity index (χ4n) is 3.47. The third kappa shape index (κ3) is 3.44. The molecule has 0 atom stereocenters. The van der Waals surface area contributed by atoms with Crippen molar-refractivity contribution >= 4 is 28.9 Å². The van der Waals surface area contributed by atoms with E-state index in [0.29, 0.717) is 37.6 Å². The number of ether oxygens (including phenoxy) is 1. The molecule has 1 aliphatic heterocycles. The average Bonchev–Trinajstić information content (AvgIpc) is 3.32. The summed E-state index contributed by atoms with van der Waals surface area (Å²) in [5, 5.41) is 7.46. The third-order valence-electron chi connectivity index (χ3n) is 5.00. The van der Waals surface area contributed by atoms with Gasteiger partial charge in [-0.25, -0.2) is 9.59 Å². The Morgan fingerprint density at radius 2 is 1.77 bits per heavy atom. The molecule has 0 radical (unpaired) electrons. The highest BCUT2D eigenvalue weighted by Gasteiger charge is 2.28. The molecule has 138 valence electrons. The van der Waals surface area contributed by atoms with Crippen LogP contribution in [0.4, 0.5) is 15.4 Å². The smallest absolute Gasteiger partial charge is 0.410 e. The number of nitrogens with one attached hydrogen (secondary N) is 1. The SMILES string of the molecule is O=C(Nc1noc2ccccc12)N1CCN(C(=O)OC2CCCC2)CC1. The zero-order valence-corrected chi connectivity index (χ0v) is 14.5. The van der Waals surface area contributed by atoms with Gasteiger partial charge >= 0.3 is 12.1 Å². The summed E-state index contributed by atoms with van der Waals surface area (Å²) in [6.45, 7) is 1.86.